The molecule has 26 heavy (non-hydrogen) atoms. The standard InChI is InChI=1S/C18H20N6OS/c1-11(2)14-16-21-15(12-6-4-3-5-7-12)22-24(16)9-8-23(14)17(25)13-10-20-18(19)26-13/h3-7,10-11,14H,8-9H2,1-2H3,(H2,19,20)/t14-/m0/s1. The summed E-state index contributed by atoms with van der Waals surface area (Å²) in [6.07, 6.45) is 1.55. The molecule has 0 saturated heterocycles. The molecule has 1 amide bonds. The maximum Gasteiger partial charge on any atom is 0.266 e. The van der Waals surface area contributed by atoms with Crippen LogP contribution in [0.2, 0.25) is 0 Å². The molecule has 1 aliphatic heterocycles. The number of thiazole rings is 1. The number of benzene rings is 1. The van der Waals surface area contributed by atoms with E-state index >= 15 is 0 Å². The van der Waals surface area contributed by atoms with E-state index in [0.717, 1.165) is 11.4 Å². The van der Waals surface area contributed by atoms with Gasteiger partial charge in [0.25, 0.3) is 5.91 Å². The minimum absolute atomic E-state index is 0.0478. The predicted octanol–water partition coefficient (Wildman–Crippen LogP) is 2.84. The van der Waals surface area contributed by atoms with Gasteiger partial charge in [-0.1, -0.05) is 55.5 Å². The molecular formula is C18H20N6OS. The van der Waals surface area contributed by atoms with Crippen molar-refractivity contribution in [3.8, 4) is 11.4 Å². The first-order chi connectivity index (χ1) is 12.5. The van der Waals surface area contributed by atoms with Gasteiger partial charge in [-0.3, -0.25) is 4.79 Å². The Bertz CT molecular complexity index is 932. The Morgan fingerprint density at radius 3 is 2.69 bits per heavy atom. The van der Waals surface area contributed by atoms with Crippen LogP contribution in [0.15, 0.2) is 36.5 Å². The molecule has 134 valence electrons. The van der Waals surface area contributed by atoms with Crippen LogP contribution >= 0.6 is 11.3 Å². The van der Waals surface area contributed by atoms with E-state index in [1.54, 1.807) is 6.20 Å². The number of rotatable bonds is 3. The maximum atomic E-state index is 13.0. The number of aromatic nitrogens is 4. The second kappa shape index (κ2) is 6.53. The van der Waals surface area contributed by atoms with E-state index in [0.29, 0.717) is 28.9 Å². The first-order valence-corrected chi connectivity index (χ1v) is 9.38. The average molecular weight is 368 g/mol. The fraction of sp³-hybridized carbons (Fsp3) is 0.333. The Morgan fingerprint density at radius 2 is 2.04 bits per heavy atom. The normalized spacial score (nSPS) is 16.7. The summed E-state index contributed by atoms with van der Waals surface area (Å²) in [7, 11) is 0. The fourth-order valence-electron chi connectivity index (χ4n) is 3.34. The van der Waals surface area contributed by atoms with E-state index < -0.39 is 0 Å². The van der Waals surface area contributed by atoms with Crippen LogP contribution in [0, 0.1) is 5.92 Å². The molecule has 0 aliphatic carbocycles. The Morgan fingerprint density at radius 1 is 1.27 bits per heavy atom. The van der Waals surface area contributed by atoms with Gasteiger partial charge in [0.05, 0.1) is 18.8 Å². The monoisotopic (exact) mass is 368 g/mol. The van der Waals surface area contributed by atoms with Crippen molar-refractivity contribution < 1.29 is 4.79 Å². The van der Waals surface area contributed by atoms with Gasteiger partial charge in [0, 0.05) is 12.1 Å². The van der Waals surface area contributed by atoms with Gasteiger partial charge < -0.3 is 10.6 Å². The largest absolute Gasteiger partial charge is 0.375 e. The molecule has 1 aromatic carbocycles. The zero-order chi connectivity index (χ0) is 18.3. The molecule has 0 spiro atoms. The summed E-state index contributed by atoms with van der Waals surface area (Å²) in [6.45, 7) is 5.40. The lowest BCUT2D eigenvalue weighted by molar-refractivity contribution is 0.0541. The van der Waals surface area contributed by atoms with Gasteiger partial charge in [-0.15, -0.1) is 0 Å². The predicted molar refractivity (Wildman–Crippen MR) is 101 cm³/mol. The number of carbonyl (C=O) groups is 1. The molecule has 1 atom stereocenters. The zero-order valence-corrected chi connectivity index (χ0v) is 15.5. The molecule has 8 heteroatoms. The molecular weight excluding hydrogens is 348 g/mol. The van der Waals surface area contributed by atoms with Crippen LogP contribution in [0.3, 0.4) is 0 Å². The first kappa shape index (κ1) is 16.7. The molecule has 0 radical (unpaired) electrons. The highest BCUT2D eigenvalue weighted by Gasteiger charge is 2.36. The van der Waals surface area contributed by atoms with Crippen LogP contribution < -0.4 is 5.73 Å². The third-order valence-electron chi connectivity index (χ3n) is 4.51. The van der Waals surface area contributed by atoms with Gasteiger partial charge in [0.2, 0.25) is 0 Å². The van der Waals surface area contributed by atoms with Gasteiger partial charge in [-0.25, -0.2) is 14.6 Å². The third kappa shape index (κ3) is 2.86. The number of hydrogen-bond acceptors (Lipinski definition) is 6. The Hall–Kier alpha value is -2.74. The second-order valence-electron chi connectivity index (χ2n) is 6.63. The van der Waals surface area contributed by atoms with Gasteiger partial charge in [0.1, 0.15) is 4.88 Å². The Balaban J connectivity index is 1.71. The fourth-order valence-corrected chi connectivity index (χ4v) is 3.98. The summed E-state index contributed by atoms with van der Waals surface area (Å²) in [5.74, 6) is 1.68. The van der Waals surface area contributed by atoms with Crippen LogP contribution in [0.5, 0.6) is 0 Å². The number of fused-ring (bicyclic) bond motifs is 1. The number of nitrogen functional groups attached to an aromatic ring is 1. The van der Waals surface area contributed by atoms with Gasteiger partial charge >= 0.3 is 0 Å². The molecule has 0 fully saturated rings. The van der Waals surface area contributed by atoms with Crippen molar-refractivity contribution in [2.75, 3.05) is 12.3 Å². The highest BCUT2D eigenvalue weighted by atomic mass is 32.1. The highest BCUT2D eigenvalue weighted by Crippen LogP contribution is 2.34. The van der Waals surface area contributed by atoms with Crippen LogP contribution in [-0.2, 0) is 6.54 Å². The quantitative estimate of drug-likeness (QED) is 0.768. The van der Waals surface area contributed by atoms with Crippen molar-refractivity contribution in [3.05, 3.63) is 47.2 Å². The molecule has 0 unspecified atom stereocenters. The third-order valence-corrected chi connectivity index (χ3v) is 5.33. The van der Waals surface area contributed by atoms with Gasteiger partial charge in [0.15, 0.2) is 16.8 Å². The van der Waals surface area contributed by atoms with Crippen LogP contribution in [0.4, 0.5) is 5.13 Å². The van der Waals surface area contributed by atoms with Crippen molar-refractivity contribution in [1.29, 1.82) is 0 Å². The zero-order valence-electron chi connectivity index (χ0n) is 14.7. The first-order valence-electron chi connectivity index (χ1n) is 8.57. The van der Waals surface area contributed by atoms with E-state index in [-0.39, 0.29) is 17.9 Å². The second-order valence-corrected chi connectivity index (χ2v) is 7.70. The number of nitrogens with two attached hydrogens (primary N) is 1. The summed E-state index contributed by atoms with van der Waals surface area (Å²) < 4.78 is 1.93. The van der Waals surface area contributed by atoms with E-state index in [9.17, 15) is 4.79 Å². The SMILES string of the molecule is CC(C)[C@H]1c2nc(-c3ccccc3)nn2CCN1C(=O)c1cnc(N)s1. The molecule has 2 N–H and O–H groups in total. The molecule has 3 heterocycles. The number of nitrogens with zero attached hydrogens (tertiary/aromatic N) is 5. The van der Waals surface area contributed by atoms with Crippen molar-refractivity contribution >= 4 is 22.4 Å². The average Bonchev–Trinajstić information content (AvgIpc) is 3.27. The van der Waals surface area contributed by atoms with Gasteiger partial charge in [-0.2, -0.15) is 5.10 Å². The summed E-state index contributed by atoms with van der Waals surface area (Å²) in [6, 6.07) is 9.77. The number of amides is 1. The number of carbonyl (C=O) groups excluding carboxylic acids is 1. The summed E-state index contributed by atoms with van der Waals surface area (Å²) >= 11 is 1.22. The molecule has 0 bridgehead atoms. The van der Waals surface area contributed by atoms with Crippen molar-refractivity contribution in [3.63, 3.8) is 0 Å². The highest BCUT2D eigenvalue weighted by molar-refractivity contribution is 7.17. The minimum Gasteiger partial charge on any atom is -0.375 e. The summed E-state index contributed by atoms with van der Waals surface area (Å²) in [5, 5.41) is 5.07. The Kier molecular flexibility index (Phi) is 4.20. The van der Waals surface area contributed by atoms with Crippen molar-refractivity contribution in [2.45, 2.75) is 26.4 Å². The van der Waals surface area contributed by atoms with E-state index in [1.807, 2.05) is 39.9 Å². The number of hydrogen-bond donors (Lipinski definition) is 1. The number of anilines is 1. The lowest BCUT2D eigenvalue weighted by Crippen LogP contribution is -2.44. The van der Waals surface area contributed by atoms with E-state index in [1.165, 1.54) is 11.3 Å². The van der Waals surface area contributed by atoms with Crippen LogP contribution in [0.1, 0.15) is 35.4 Å². The molecule has 3 aromatic rings. The summed E-state index contributed by atoms with van der Waals surface area (Å²) in [4.78, 5) is 24.2. The van der Waals surface area contributed by atoms with Crippen molar-refractivity contribution in [1.82, 2.24) is 24.6 Å². The van der Waals surface area contributed by atoms with Gasteiger partial charge in [-0.05, 0) is 5.92 Å². The Labute approximate surface area is 155 Å². The maximum absolute atomic E-state index is 13.0. The van der Waals surface area contributed by atoms with E-state index in [2.05, 4.69) is 23.9 Å². The lowest BCUT2D eigenvalue weighted by atomic mass is 9.99. The molecule has 4 rings (SSSR count). The molecule has 2 aromatic heterocycles. The smallest absolute Gasteiger partial charge is 0.266 e. The molecule has 1 aliphatic rings. The molecule has 7 nitrogen and oxygen atoms in total. The topological polar surface area (TPSA) is 89.9 Å². The van der Waals surface area contributed by atoms with Crippen LogP contribution in [-0.4, -0.2) is 37.1 Å². The lowest BCUT2D eigenvalue weighted by Gasteiger charge is -2.37. The molecule has 0 saturated carbocycles. The summed E-state index contributed by atoms with van der Waals surface area (Å²) in [5.41, 5.74) is 6.67. The van der Waals surface area contributed by atoms with E-state index in [4.69, 9.17) is 10.7 Å². The van der Waals surface area contributed by atoms with Crippen LogP contribution in [0.25, 0.3) is 11.4 Å². The minimum atomic E-state index is -0.135. The van der Waals surface area contributed by atoms with Crippen molar-refractivity contribution in [2.24, 2.45) is 5.92 Å².